The van der Waals surface area contributed by atoms with Crippen LogP contribution >= 0.6 is 0 Å². The molecule has 0 aliphatic carbocycles. The van der Waals surface area contributed by atoms with Gasteiger partial charge in [0.25, 0.3) is 0 Å². The first-order chi connectivity index (χ1) is 11.8. The number of carbonyl (C=O) groups is 1. The Hall–Kier alpha value is -1.31. The fraction of sp³-hybridized carbons (Fsp3) is 0.682. The van der Waals surface area contributed by atoms with E-state index in [4.69, 9.17) is 4.74 Å². The summed E-state index contributed by atoms with van der Waals surface area (Å²) in [6.45, 7) is 4.52. The lowest BCUT2D eigenvalue weighted by atomic mass is 10.1. The summed E-state index contributed by atoms with van der Waals surface area (Å²) >= 11 is 0. The van der Waals surface area contributed by atoms with Crippen molar-refractivity contribution in [1.82, 2.24) is 0 Å². The molecule has 0 N–H and O–H groups in total. The van der Waals surface area contributed by atoms with Crippen molar-refractivity contribution in [2.45, 2.75) is 90.9 Å². The largest absolute Gasteiger partial charge is 0.466 e. The van der Waals surface area contributed by atoms with E-state index >= 15 is 0 Å². The predicted octanol–water partition coefficient (Wildman–Crippen LogP) is 6.92. The maximum absolute atomic E-state index is 11.2. The second-order valence-electron chi connectivity index (χ2n) is 6.11. The average molecular weight is 335 g/mol. The molecule has 0 aromatic rings. The molecule has 0 amide bonds. The zero-order valence-electron chi connectivity index (χ0n) is 16.0. The van der Waals surface area contributed by atoms with E-state index in [0.29, 0.717) is 13.0 Å². The van der Waals surface area contributed by atoms with Gasteiger partial charge in [-0.2, -0.15) is 0 Å². The fourth-order valence-corrected chi connectivity index (χ4v) is 2.48. The van der Waals surface area contributed by atoms with Crippen LogP contribution in [0.4, 0.5) is 0 Å². The van der Waals surface area contributed by atoms with Crippen molar-refractivity contribution in [3.05, 3.63) is 36.5 Å². The summed E-state index contributed by atoms with van der Waals surface area (Å²) in [5.41, 5.74) is 0. The minimum absolute atomic E-state index is 0.0449. The molecular weight excluding hydrogens is 296 g/mol. The van der Waals surface area contributed by atoms with E-state index < -0.39 is 0 Å². The minimum Gasteiger partial charge on any atom is -0.466 e. The summed E-state index contributed by atoms with van der Waals surface area (Å²) in [7, 11) is 0. The van der Waals surface area contributed by atoms with Crippen molar-refractivity contribution < 1.29 is 9.53 Å². The SMILES string of the molecule is CC/C=C/C/C=C/C/C=C\CCCCCCCCCC(=O)OCC. The summed E-state index contributed by atoms with van der Waals surface area (Å²) in [5.74, 6) is -0.0449. The molecule has 0 atom stereocenters. The van der Waals surface area contributed by atoms with Crippen LogP contribution in [0.5, 0.6) is 0 Å². The summed E-state index contributed by atoms with van der Waals surface area (Å²) < 4.78 is 4.92. The summed E-state index contributed by atoms with van der Waals surface area (Å²) in [6.07, 6.45) is 27.1. The van der Waals surface area contributed by atoms with Gasteiger partial charge in [0.15, 0.2) is 0 Å². The Kier molecular flexibility index (Phi) is 18.7. The number of rotatable bonds is 16. The Bertz CT molecular complexity index is 353. The molecule has 0 unspecified atom stereocenters. The smallest absolute Gasteiger partial charge is 0.305 e. The molecule has 0 fully saturated rings. The Morgan fingerprint density at radius 1 is 0.708 bits per heavy atom. The molecule has 2 heteroatoms. The monoisotopic (exact) mass is 334 g/mol. The number of unbranched alkanes of at least 4 members (excludes halogenated alkanes) is 7. The van der Waals surface area contributed by atoms with Gasteiger partial charge in [0.1, 0.15) is 0 Å². The Morgan fingerprint density at radius 2 is 1.25 bits per heavy atom. The first-order valence-electron chi connectivity index (χ1n) is 9.91. The second kappa shape index (κ2) is 19.7. The number of esters is 1. The number of hydrogen-bond donors (Lipinski definition) is 0. The van der Waals surface area contributed by atoms with E-state index in [-0.39, 0.29) is 5.97 Å². The maximum atomic E-state index is 11.2. The van der Waals surface area contributed by atoms with Crippen LogP contribution < -0.4 is 0 Å². The molecule has 0 bridgehead atoms. The van der Waals surface area contributed by atoms with Crippen LogP contribution in [0.15, 0.2) is 36.5 Å². The fourth-order valence-electron chi connectivity index (χ4n) is 2.48. The van der Waals surface area contributed by atoms with E-state index in [1.807, 2.05) is 6.92 Å². The normalized spacial score (nSPS) is 11.9. The molecule has 2 nitrogen and oxygen atoms in total. The average Bonchev–Trinajstić information content (AvgIpc) is 2.58. The highest BCUT2D eigenvalue weighted by Gasteiger charge is 2.00. The van der Waals surface area contributed by atoms with Crippen molar-refractivity contribution >= 4 is 5.97 Å². The van der Waals surface area contributed by atoms with Gasteiger partial charge in [-0.25, -0.2) is 0 Å². The van der Waals surface area contributed by atoms with Crippen LogP contribution in [0.2, 0.25) is 0 Å². The summed E-state index contributed by atoms with van der Waals surface area (Å²) in [6, 6.07) is 0. The molecule has 0 heterocycles. The number of ether oxygens (including phenoxy) is 1. The lowest BCUT2D eigenvalue weighted by molar-refractivity contribution is -0.143. The third-order valence-corrected chi connectivity index (χ3v) is 3.84. The van der Waals surface area contributed by atoms with Gasteiger partial charge in [0.2, 0.25) is 0 Å². The second-order valence-corrected chi connectivity index (χ2v) is 6.11. The van der Waals surface area contributed by atoms with E-state index in [9.17, 15) is 4.79 Å². The highest BCUT2D eigenvalue weighted by atomic mass is 16.5. The Balaban J connectivity index is 3.23. The van der Waals surface area contributed by atoms with Gasteiger partial charge < -0.3 is 4.74 Å². The highest BCUT2D eigenvalue weighted by molar-refractivity contribution is 5.69. The molecule has 0 spiro atoms. The molecule has 0 radical (unpaired) electrons. The highest BCUT2D eigenvalue weighted by Crippen LogP contribution is 2.10. The van der Waals surface area contributed by atoms with E-state index in [1.165, 1.54) is 38.5 Å². The standard InChI is InChI=1S/C22H38O2/c1-3-5-6-7-8-9-10-11-12-13-14-15-16-17-18-19-20-21-22(23)24-4-2/h5-6,8-9,11-12H,3-4,7,10,13-21H2,1-2H3/b6-5+,9-8+,12-11-. The van der Waals surface area contributed by atoms with E-state index in [2.05, 4.69) is 43.4 Å². The van der Waals surface area contributed by atoms with E-state index in [0.717, 1.165) is 32.1 Å². The molecule has 0 saturated carbocycles. The molecule has 0 saturated heterocycles. The zero-order valence-corrected chi connectivity index (χ0v) is 16.0. The topological polar surface area (TPSA) is 26.3 Å². The van der Waals surface area contributed by atoms with Gasteiger partial charge in [-0.3, -0.25) is 4.79 Å². The predicted molar refractivity (Wildman–Crippen MR) is 105 cm³/mol. The van der Waals surface area contributed by atoms with Crippen LogP contribution in [0.1, 0.15) is 90.9 Å². The lowest BCUT2D eigenvalue weighted by Crippen LogP contribution is -2.03. The number of carbonyl (C=O) groups excluding carboxylic acids is 1. The summed E-state index contributed by atoms with van der Waals surface area (Å²) in [4.78, 5) is 11.2. The lowest BCUT2D eigenvalue weighted by Gasteiger charge is -2.02. The maximum Gasteiger partial charge on any atom is 0.305 e. The van der Waals surface area contributed by atoms with Gasteiger partial charge in [0.05, 0.1) is 6.61 Å². The summed E-state index contributed by atoms with van der Waals surface area (Å²) in [5, 5.41) is 0. The minimum atomic E-state index is -0.0449. The molecule has 0 rings (SSSR count). The molecule has 0 aliphatic heterocycles. The van der Waals surface area contributed by atoms with Gasteiger partial charge in [-0.15, -0.1) is 0 Å². The van der Waals surface area contributed by atoms with Crippen LogP contribution in [-0.2, 0) is 9.53 Å². The van der Waals surface area contributed by atoms with Gasteiger partial charge in [-0.05, 0) is 45.4 Å². The van der Waals surface area contributed by atoms with Crippen molar-refractivity contribution in [3.8, 4) is 0 Å². The first kappa shape index (κ1) is 22.7. The van der Waals surface area contributed by atoms with Crippen LogP contribution in [0, 0.1) is 0 Å². The number of hydrogen-bond acceptors (Lipinski definition) is 2. The Labute approximate surface area is 150 Å². The molecule has 0 aliphatic rings. The first-order valence-corrected chi connectivity index (χ1v) is 9.91. The van der Waals surface area contributed by atoms with Gasteiger partial charge >= 0.3 is 5.97 Å². The molecule has 138 valence electrons. The van der Waals surface area contributed by atoms with Crippen molar-refractivity contribution in [2.24, 2.45) is 0 Å². The quantitative estimate of drug-likeness (QED) is 0.174. The van der Waals surface area contributed by atoms with Crippen molar-refractivity contribution in [3.63, 3.8) is 0 Å². The van der Waals surface area contributed by atoms with Gasteiger partial charge in [0, 0.05) is 6.42 Å². The third-order valence-electron chi connectivity index (χ3n) is 3.84. The third kappa shape index (κ3) is 18.7. The molecule has 24 heavy (non-hydrogen) atoms. The van der Waals surface area contributed by atoms with Crippen molar-refractivity contribution in [1.29, 1.82) is 0 Å². The molecule has 0 aromatic heterocycles. The Morgan fingerprint density at radius 3 is 1.88 bits per heavy atom. The molecular formula is C22H38O2. The van der Waals surface area contributed by atoms with Crippen LogP contribution in [0.3, 0.4) is 0 Å². The van der Waals surface area contributed by atoms with Crippen LogP contribution in [0.25, 0.3) is 0 Å². The van der Waals surface area contributed by atoms with E-state index in [1.54, 1.807) is 0 Å². The molecule has 0 aromatic carbocycles. The van der Waals surface area contributed by atoms with Crippen LogP contribution in [-0.4, -0.2) is 12.6 Å². The van der Waals surface area contributed by atoms with Gasteiger partial charge in [-0.1, -0.05) is 75.5 Å². The number of allylic oxidation sites excluding steroid dienone is 6. The van der Waals surface area contributed by atoms with Crippen molar-refractivity contribution in [2.75, 3.05) is 6.61 Å². The zero-order chi connectivity index (χ0) is 17.7.